The molecular weight excluding hydrogens is 628 g/mol. The van der Waals surface area contributed by atoms with Crippen LogP contribution in [0.5, 0.6) is 0 Å². The zero-order valence-electron chi connectivity index (χ0n) is 26.3. The maximum atomic E-state index is 14.0. The molecule has 45 heavy (non-hydrogen) atoms. The minimum Gasteiger partial charge on any atom is -0.324 e. The summed E-state index contributed by atoms with van der Waals surface area (Å²) in [6, 6.07) is 17.7. The van der Waals surface area contributed by atoms with Gasteiger partial charge in [0.2, 0.25) is 20.0 Å². The van der Waals surface area contributed by atoms with Crippen molar-refractivity contribution >= 4 is 32.5 Å². The molecule has 1 aliphatic heterocycles. The Labute approximate surface area is 276 Å². The fourth-order valence-electron chi connectivity index (χ4n) is 6.39. The van der Waals surface area contributed by atoms with Gasteiger partial charge in [0.1, 0.15) is 0 Å². The minimum absolute atomic E-state index is 0. The first kappa shape index (κ1) is 35.4. The van der Waals surface area contributed by atoms with E-state index in [1.54, 1.807) is 48.5 Å². The molecule has 1 aliphatic carbocycles. The maximum Gasteiger partial charge on any atom is 0.243 e. The molecule has 2 aliphatic rings. The SMILES string of the molecule is C=C1CN(S(=O)(=O)c2ccc(C)cc2)CCCN(CC2CCCCC2)CCCN(S(=O)(=O)c2ccc(-n3cccc3)cc2)C1.Cl. The molecule has 5 rings (SSSR count). The van der Waals surface area contributed by atoms with Crippen molar-refractivity contribution in [1.82, 2.24) is 18.1 Å². The first-order valence-corrected chi connectivity index (χ1v) is 18.7. The Kier molecular flexibility index (Phi) is 12.5. The average molecular weight is 675 g/mol. The number of sulfonamides is 2. The molecule has 1 aromatic heterocycles. The highest BCUT2D eigenvalue weighted by Crippen LogP contribution is 2.26. The summed E-state index contributed by atoms with van der Waals surface area (Å²) < 4.78 is 60.6. The van der Waals surface area contributed by atoms with Gasteiger partial charge in [0.05, 0.1) is 9.79 Å². The fraction of sp³-hybridized carbons (Fsp3) is 0.471. The van der Waals surface area contributed by atoms with Crippen molar-refractivity contribution in [2.24, 2.45) is 5.92 Å². The van der Waals surface area contributed by atoms with Crippen molar-refractivity contribution in [1.29, 1.82) is 0 Å². The van der Waals surface area contributed by atoms with Crippen molar-refractivity contribution < 1.29 is 16.8 Å². The summed E-state index contributed by atoms with van der Waals surface area (Å²) in [5.41, 5.74) is 2.41. The van der Waals surface area contributed by atoms with Crippen LogP contribution in [0.3, 0.4) is 0 Å². The molecule has 0 bridgehead atoms. The van der Waals surface area contributed by atoms with Gasteiger partial charge in [-0.15, -0.1) is 12.4 Å². The zero-order chi connectivity index (χ0) is 31.2. The van der Waals surface area contributed by atoms with Crippen LogP contribution in [-0.4, -0.2) is 80.7 Å². The number of halogens is 1. The molecule has 8 nitrogen and oxygen atoms in total. The van der Waals surface area contributed by atoms with E-state index in [-0.39, 0.29) is 35.3 Å². The molecule has 0 amide bonds. The summed E-state index contributed by atoms with van der Waals surface area (Å²) in [5.74, 6) is 0.641. The lowest BCUT2D eigenvalue weighted by atomic mass is 9.89. The van der Waals surface area contributed by atoms with Crippen molar-refractivity contribution in [2.45, 2.75) is 61.7 Å². The molecule has 11 heteroatoms. The zero-order valence-corrected chi connectivity index (χ0v) is 28.7. The minimum atomic E-state index is -3.85. The van der Waals surface area contributed by atoms with E-state index in [4.69, 9.17) is 0 Å². The van der Waals surface area contributed by atoms with Gasteiger partial charge in [-0.1, -0.05) is 43.5 Å². The second kappa shape index (κ2) is 15.9. The molecule has 0 radical (unpaired) electrons. The van der Waals surface area contributed by atoms with Crippen LogP contribution in [0.15, 0.2) is 95.0 Å². The average Bonchev–Trinajstić information content (AvgIpc) is 3.55. The van der Waals surface area contributed by atoms with Crippen molar-refractivity contribution in [3.8, 4) is 5.69 Å². The maximum absolute atomic E-state index is 14.0. The number of rotatable bonds is 7. The van der Waals surface area contributed by atoms with Gasteiger partial charge in [-0.2, -0.15) is 8.61 Å². The Hall–Kier alpha value is -2.47. The van der Waals surface area contributed by atoms with E-state index in [2.05, 4.69) is 11.5 Å². The predicted molar refractivity (Wildman–Crippen MR) is 183 cm³/mol. The van der Waals surface area contributed by atoms with Crippen molar-refractivity contribution in [2.75, 3.05) is 45.8 Å². The molecule has 0 spiro atoms. The molecule has 0 atom stereocenters. The first-order chi connectivity index (χ1) is 21.1. The van der Waals surface area contributed by atoms with Crippen LogP contribution in [0.2, 0.25) is 0 Å². The Bertz CT molecular complexity index is 1590. The molecule has 2 heterocycles. The summed E-state index contributed by atoms with van der Waals surface area (Å²) in [5, 5.41) is 0. The van der Waals surface area contributed by atoms with Gasteiger partial charge in [0, 0.05) is 50.8 Å². The van der Waals surface area contributed by atoms with Crippen LogP contribution in [-0.2, 0) is 20.0 Å². The normalized spacial score (nSPS) is 19.4. The largest absolute Gasteiger partial charge is 0.324 e. The van der Waals surface area contributed by atoms with Crippen LogP contribution in [0.25, 0.3) is 5.69 Å². The third-order valence-electron chi connectivity index (χ3n) is 8.84. The van der Waals surface area contributed by atoms with Crippen molar-refractivity contribution in [3.05, 3.63) is 90.8 Å². The Morgan fingerprint density at radius 2 is 1.18 bits per heavy atom. The number of benzene rings is 2. The Balaban J connectivity index is 0.00000461. The van der Waals surface area contributed by atoms with Crippen LogP contribution < -0.4 is 0 Å². The lowest BCUT2D eigenvalue weighted by Gasteiger charge is -2.33. The van der Waals surface area contributed by atoms with Gasteiger partial charge in [-0.25, -0.2) is 16.8 Å². The van der Waals surface area contributed by atoms with Gasteiger partial charge < -0.3 is 9.47 Å². The van der Waals surface area contributed by atoms with Crippen LogP contribution in [0.1, 0.15) is 50.5 Å². The number of hydrogen-bond donors (Lipinski definition) is 0. The van der Waals surface area contributed by atoms with Crippen LogP contribution in [0, 0.1) is 12.8 Å². The number of aryl methyl sites for hydroxylation is 1. The quantitative estimate of drug-likeness (QED) is 0.282. The molecule has 0 N–H and O–H groups in total. The van der Waals surface area contributed by atoms with E-state index in [1.165, 1.54) is 40.7 Å². The Morgan fingerprint density at radius 1 is 0.689 bits per heavy atom. The van der Waals surface area contributed by atoms with Crippen LogP contribution in [0.4, 0.5) is 0 Å². The monoisotopic (exact) mass is 674 g/mol. The molecule has 0 unspecified atom stereocenters. The van der Waals surface area contributed by atoms with E-state index < -0.39 is 20.0 Å². The smallest absolute Gasteiger partial charge is 0.243 e. The standard InChI is InChI=1S/C34H46N4O4S2.ClH/c1-29-12-16-33(17-13-29)43(39,40)37-24-8-20-35(28-31-10-4-3-5-11-31)21-9-25-38(27-30(2)26-37)44(41,42)34-18-14-32(15-19-34)36-22-6-7-23-36;/h6-7,12-19,22-23,31H,2-5,8-11,20-21,24-28H2,1H3;1H. The molecular formula is C34H47ClN4O4S2. The summed E-state index contributed by atoms with van der Waals surface area (Å²) in [6.45, 7) is 9.45. The topological polar surface area (TPSA) is 82.9 Å². The molecule has 2 fully saturated rings. The van der Waals surface area contributed by atoms with Gasteiger partial charge >= 0.3 is 0 Å². The molecule has 1 saturated heterocycles. The van der Waals surface area contributed by atoms with E-state index >= 15 is 0 Å². The predicted octanol–water partition coefficient (Wildman–Crippen LogP) is 6.12. The van der Waals surface area contributed by atoms with Gasteiger partial charge in [0.25, 0.3) is 0 Å². The lowest BCUT2D eigenvalue weighted by Crippen LogP contribution is -2.42. The van der Waals surface area contributed by atoms with Gasteiger partial charge in [0.15, 0.2) is 0 Å². The first-order valence-electron chi connectivity index (χ1n) is 15.8. The molecule has 3 aromatic rings. The molecule has 2 aromatic carbocycles. The Morgan fingerprint density at radius 3 is 1.69 bits per heavy atom. The summed E-state index contributed by atoms with van der Waals surface area (Å²) in [4.78, 5) is 2.89. The second-order valence-corrected chi connectivity index (χ2v) is 16.2. The van der Waals surface area contributed by atoms with Gasteiger partial charge in [-0.3, -0.25) is 0 Å². The fourth-order valence-corrected chi connectivity index (χ4v) is 9.39. The number of hydrogen-bond acceptors (Lipinski definition) is 5. The van der Waals surface area contributed by atoms with E-state index in [0.717, 1.165) is 30.9 Å². The van der Waals surface area contributed by atoms with E-state index in [0.29, 0.717) is 37.4 Å². The van der Waals surface area contributed by atoms with E-state index in [9.17, 15) is 16.8 Å². The van der Waals surface area contributed by atoms with Crippen LogP contribution >= 0.6 is 12.4 Å². The lowest BCUT2D eigenvalue weighted by molar-refractivity contribution is 0.188. The highest BCUT2D eigenvalue weighted by molar-refractivity contribution is 7.89. The third kappa shape index (κ3) is 9.08. The summed E-state index contributed by atoms with van der Waals surface area (Å²) >= 11 is 0. The van der Waals surface area contributed by atoms with Crippen molar-refractivity contribution in [3.63, 3.8) is 0 Å². The highest BCUT2D eigenvalue weighted by Gasteiger charge is 2.30. The van der Waals surface area contributed by atoms with Gasteiger partial charge in [-0.05, 0) is 106 Å². The number of nitrogens with zero attached hydrogens (tertiary/aromatic N) is 4. The molecule has 246 valence electrons. The third-order valence-corrected chi connectivity index (χ3v) is 12.6. The van der Waals surface area contributed by atoms with E-state index in [1.807, 2.05) is 36.0 Å². The summed E-state index contributed by atoms with van der Waals surface area (Å²) in [6.07, 6.45) is 11.5. The molecule has 1 saturated carbocycles. The highest BCUT2D eigenvalue weighted by atomic mass is 35.5. The second-order valence-electron chi connectivity index (χ2n) is 12.3. The number of aromatic nitrogens is 1. The summed E-state index contributed by atoms with van der Waals surface area (Å²) in [7, 11) is -7.64.